The van der Waals surface area contributed by atoms with Crippen LogP contribution in [0, 0.1) is 5.92 Å². The number of hydrogen-bond acceptors (Lipinski definition) is 4. The highest BCUT2D eigenvalue weighted by Crippen LogP contribution is 2.20. The average molecular weight is 361 g/mol. The topological polar surface area (TPSA) is 70.7 Å². The van der Waals surface area contributed by atoms with Crippen LogP contribution in [0.2, 0.25) is 0 Å². The van der Waals surface area contributed by atoms with Gasteiger partial charge < -0.3 is 15.4 Å². The SMILES string of the molecule is CCC(CC)C(CNC(=O)c1cccc(NC(C)=O)c1)N1CCOCC1. The Bertz CT molecular complexity index is 596. The van der Waals surface area contributed by atoms with Gasteiger partial charge in [-0.05, 0) is 24.1 Å². The number of hydrogen-bond donors (Lipinski definition) is 2. The van der Waals surface area contributed by atoms with Crippen molar-refractivity contribution in [2.24, 2.45) is 5.92 Å². The summed E-state index contributed by atoms with van der Waals surface area (Å²) in [5.41, 5.74) is 1.19. The van der Waals surface area contributed by atoms with Gasteiger partial charge in [-0.1, -0.05) is 32.8 Å². The number of carbonyl (C=O) groups excluding carboxylic acids is 2. The van der Waals surface area contributed by atoms with E-state index in [0.717, 1.165) is 39.1 Å². The van der Waals surface area contributed by atoms with Gasteiger partial charge in [0.1, 0.15) is 0 Å². The van der Waals surface area contributed by atoms with Crippen molar-refractivity contribution in [3.63, 3.8) is 0 Å². The summed E-state index contributed by atoms with van der Waals surface area (Å²) in [6.07, 6.45) is 2.18. The molecule has 0 aliphatic carbocycles. The second kappa shape index (κ2) is 10.3. The molecule has 144 valence electrons. The zero-order chi connectivity index (χ0) is 18.9. The predicted molar refractivity (Wildman–Crippen MR) is 103 cm³/mol. The van der Waals surface area contributed by atoms with Crippen molar-refractivity contribution < 1.29 is 14.3 Å². The van der Waals surface area contributed by atoms with Crippen molar-refractivity contribution in [2.75, 3.05) is 38.2 Å². The van der Waals surface area contributed by atoms with E-state index in [1.165, 1.54) is 6.92 Å². The number of nitrogens with zero attached hydrogens (tertiary/aromatic N) is 1. The molecule has 2 rings (SSSR count). The molecule has 1 saturated heterocycles. The molecule has 1 aliphatic rings. The van der Waals surface area contributed by atoms with E-state index < -0.39 is 0 Å². The van der Waals surface area contributed by atoms with Gasteiger partial charge in [0.2, 0.25) is 5.91 Å². The van der Waals surface area contributed by atoms with Gasteiger partial charge >= 0.3 is 0 Å². The fourth-order valence-corrected chi connectivity index (χ4v) is 3.58. The molecule has 26 heavy (non-hydrogen) atoms. The average Bonchev–Trinajstić information content (AvgIpc) is 2.65. The monoisotopic (exact) mass is 361 g/mol. The molecular formula is C20H31N3O3. The Hall–Kier alpha value is -1.92. The van der Waals surface area contributed by atoms with Crippen molar-refractivity contribution in [3.8, 4) is 0 Å². The maximum absolute atomic E-state index is 12.6. The van der Waals surface area contributed by atoms with E-state index in [-0.39, 0.29) is 11.8 Å². The molecule has 0 saturated carbocycles. The molecule has 6 nitrogen and oxygen atoms in total. The number of benzene rings is 1. The second-order valence-electron chi connectivity index (χ2n) is 6.76. The van der Waals surface area contributed by atoms with Gasteiger partial charge in [0.25, 0.3) is 5.91 Å². The van der Waals surface area contributed by atoms with Gasteiger partial charge in [-0.15, -0.1) is 0 Å². The minimum atomic E-state index is -0.149. The lowest BCUT2D eigenvalue weighted by molar-refractivity contribution is -0.114. The van der Waals surface area contributed by atoms with Crippen molar-refractivity contribution >= 4 is 17.5 Å². The molecule has 1 unspecified atom stereocenters. The lowest BCUT2D eigenvalue weighted by Crippen LogP contribution is -2.52. The summed E-state index contributed by atoms with van der Waals surface area (Å²) in [7, 11) is 0. The van der Waals surface area contributed by atoms with E-state index >= 15 is 0 Å². The molecule has 1 aromatic carbocycles. The van der Waals surface area contributed by atoms with Crippen molar-refractivity contribution in [1.29, 1.82) is 0 Å². The van der Waals surface area contributed by atoms with Crippen LogP contribution in [0.4, 0.5) is 5.69 Å². The van der Waals surface area contributed by atoms with Gasteiger partial charge in [-0.25, -0.2) is 0 Å². The molecule has 0 spiro atoms. The predicted octanol–water partition coefficient (Wildman–Crippen LogP) is 2.51. The lowest BCUT2D eigenvalue weighted by atomic mass is 9.92. The zero-order valence-electron chi connectivity index (χ0n) is 16.1. The third kappa shape index (κ3) is 5.81. The summed E-state index contributed by atoms with van der Waals surface area (Å²) >= 11 is 0. The van der Waals surface area contributed by atoms with E-state index in [0.29, 0.717) is 29.8 Å². The lowest BCUT2D eigenvalue weighted by Gasteiger charge is -2.38. The van der Waals surface area contributed by atoms with Crippen LogP contribution < -0.4 is 10.6 Å². The first kappa shape index (κ1) is 20.4. The maximum atomic E-state index is 12.6. The number of rotatable bonds is 8. The first-order chi connectivity index (χ1) is 12.5. The van der Waals surface area contributed by atoms with E-state index in [1.807, 2.05) is 0 Å². The first-order valence-corrected chi connectivity index (χ1v) is 9.52. The fourth-order valence-electron chi connectivity index (χ4n) is 3.58. The Morgan fingerprint density at radius 1 is 1.19 bits per heavy atom. The molecule has 0 radical (unpaired) electrons. The molecule has 1 heterocycles. The second-order valence-corrected chi connectivity index (χ2v) is 6.76. The van der Waals surface area contributed by atoms with Crippen LogP contribution in [0.5, 0.6) is 0 Å². The highest BCUT2D eigenvalue weighted by atomic mass is 16.5. The van der Waals surface area contributed by atoms with Gasteiger partial charge in [0.15, 0.2) is 0 Å². The Balaban J connectivity index is 2.02. The molecule has 1 fully saturated rings. The van der Waals surface area contributed by atoms with E-state index in [1.54, 1.807) is 24.3 Å². The smallest absolute Gasteiger partial charge is 0.251 e. The van der Waals surface area contributed by atoms with Crippen LogP contribution in [0.1, 0.15) is 44.0 Å². The number of morpholine rings is 1. The minimum Gasteiger partial charge on any atom is -0.379 e. The van der Waals surface area contributed by atoms with E-state index in [9.17, 15) is 9.59 Å². The molecule has 1 aliphatic heterocycles. The van der Waals surface area contributed by atoms with Crippen molar-refractivity contribution in [2.45, 2.75) is 39.7 Å². The van der Waals surface area contributed by atoms with Crippen molar-refractivity contribution in [1.82, 2.24) is 10.2 Å². The van der Waals surface area contributed by atoms with E-state index in [2.05, 4.69) is 29.4 Å². The van der Waals surface area contributed by atoms with Crippen LogP contribution in [0.25, 0.3) is 0 Å². The highest BCUT2D eigenvalue weighted by Gasteiger charge is 2.27. The summed E-state index contributed by atoms with van der Waals surface area (Å²) in [6.45, 7) is 9.82. The molecule has 1 atom stereocenters. The quantitative estimate of drug-likeness (QED) is 0.746. The molecule has 0 aromatic heterocycles. The molecule has 0 bridgehead atoms. The van der Waals surface area contributed by atoms with E-state index in [4.69, 9.17) is 4.74 Å². The van der Waals surface area contributed by atoms with Crippen LogP contribution in [-0.2, 0) is 9.53 Å². The van der Waals surface area contributed by atoms with Gasteiger partial charge in [0.05, 0.1) is 13.2 Å². The van der Waals surface area contributed by atoms with Crippen molar-refractivity contribution in [3.05, 3.63) is 29.8 Å². The van der Waals surface area contributed by atoms with Gasteiger partial charge in [-0.2, -0.15) is 0 Å². The number of nitrogens with one attached hydrogen (secondary N) is 2. The zero-order valence-corrected chi connectivity index (χ0v) is 16.1. The summed E-state index contributed by atoms with van der Waals surface area (Å²) in [4.78, 5) is 26.2. The molecule has 1 aromatic rings. The summed E-state index contributed by atoms with van der Waals surface area (Å²) < 4.78 is 5.47. The normalized spacial score (nSPS) is 16.3. The van der Waals surface area contributed by atoms with Crippen LogP contribution >= 0.6 is 0 Å². The molecular weight excluding hydrogens is 330 g/mol. The first-order valence-electron chi connectivity index (χ1n) is 9.52. The van der Waals surface area contributed by atoms with Crippen LogP contribution in [0.3, 0.4) is 0 Å². The Kier molecular flexibility index (Phi) is 8.06. The van der Waals surface area contributed by atoms with Gasteiger partial charge in [-0.3, -0.25) is 14.5 Å². The third-order valence-electron chi connectivity index (χ3n) is 5.02. The highest BCUT2D eigenvalue weighted by molar-refractivity contribution is 5.96. The summed E-state index contributed by atoms with van der Waals surface area (Å²) in [5.74, 6) is 0.282. The number of anilines is 1. The molecule has 2 N–H and O–H groups in total. The van der Waals surface area contributed by atoms with Gasteiger partial charge in [0, 0.05) is 43.9 Å². The van der Waals surface area contributed by atoms with Crippen LogP contribution in [0.15, 0.2) is 24.3 Å². The summed E-state index contributed by atoms with van der Waals surface area (Å²) in [6, 6.07) is 7.34. The third-order valence-corrected chi connectivity index (χ3v) is 5.02. The number of ether oxygens (including phenoxy) is 1. The molecule has 2 amide bonds. The maximum Gasteiger partial charge on any atom is 0.251 e. The largest absolute Gasteiger partial charge is 0.379 e. The Morgan fingerprint density at radius 2 is 1.88 bits per heavy atom. The minimum absolute atomic E-state index is 0.110. The fraction of sp³-hybridized carbons (Fsp3) is 0.600. The van der Waals surface area contributed by atoms with Crippen LogP contribution in [-0.4, -0.2) is 55.6 Å². The Labute approximate surface area is 156 Å². The molecule has 6 heteroatoms. The number of amides is 2. The Morgan fingerprint density at radius 3 is 2.50 bits per heavy atom. The standard InChI is InChI=1S/C20H31N3O3/c1-4-16(5-2)19(23-9-11-26-12-10-23)14-21-20(25)17-7-6-8-18(13-17)22-15(3)24/h6-8,13,16,19H,4-5,9-12,14H2,1-3H3,(H,21,25)(H,22,24). The number of carbonyl (C=O) groups is 2. The summed E-state index contributed by atoms with van der Waals surface area (Å²) in [5, 5.41) is 5.80.